The molecule has 2 aromatic heterocycles. The highest BCUT2D eigenvalue weighted by Gasteiger charge is 2.14. The molecule has 0 aliphatic heterocycles. The van der Waals surface area contributed by atoms with Gasteiger partial charge < -0.3 is 5.32 Å². The van der Waals surface area contributed by atoms with Crippen molar-refractivity contribution in [1.29, 1.82) is 0 Å². The number of anilines is 1. The Morgan fingerprint density at radius 2 is 1.77 bits per heavy atom. The van der Waals surface area contributed by atoms with E-state index in [0.29, 0.717) is 35.9 Å². The molecule has 0 unspecified atom stereocenters. The Hall–Kier alpha value is -2.46. The molecule has 0 aliphatic rings. The van der Waals surface area contributed by atoms with E-state index in [1.165, 1.54) is 0 Å². The van der Waals surface area contributed by atoms with Crippen LogP contribution in [0.3, 0.4) is 0 Å². The third-order valence-corrected chi connectivity index (χ3v) is 6.95. The van der Waals surface area contributed by atoms with Crippen LogP contribution in [0.1, 0.15) is 6.42 Å². The Bertz CT molecular complexity index is 1310. The maximum absolute atomic E-state index is 12.3. The summed E-state index contributed by atoms with van der Waals surface area (Å²) in [5.74, 6) is 0.733. The Balaban J connectivity index is 1.47. The van der Waals surface area contributed by atoms with Crippen molar-refractivity contribution in [1.82, 2.24) is 19.3 Å². The largest absolute Gasteiger partial charge is 0.370 e. The maximum atomic E-state index is 12.3. The Morgan fingerprint density at radius 1 is 1.03 bits per heavy atom. The van der Waals surface area contributed by atoms with Crippen LogP contribution in [-0.2, 0) is 10.0 Å². The average Bonchev–Trinajstić information content (AvgIpc) is 3.15. The Morgan fingerprint density at radius 3 is 2.55 bits per heavy atom. The van der Waals surface area contributed by atoms with Crippen LogP contribution in [0.2, 0.25) is 5.02 Å². The minimum atomic E-state index is -3.51. The lowest BCUT2D eigenvalue weighted by Gasteiger charge is -2.12. The van der Waals surface area contributed by atoms with E-state index in [4.69, 9.17) is 11.6 Å². The summed E-state index contributed by atoms with van der Waals surface area (Å²) in [5, 5.41) is 8.28. The number of aromatic nitrogens is 3. The normalized spacial score (nSPS) is 11.7. The van der Waals surface area contributed by atoms with E-state index in [1.54, 1.807) is 41.0 Å². The topological polar surface area (TPSA) is 88.4 Å². The molecule has 4 rings (SSSR count). The number of nitrogens with one attached hydrogen (secondary N) is 2. The molecular formula is C21H19BrClN5O2S. The molecule has 7 nitrogen and oxygen atoms in total. The molecule has 0 radical (unpaired) electrons. The zero-order valence-electron chi connectivity index (χ0n) is 16.3. The standard InChI is InChI=1S/C21H19BrClN5O2S/c22-17-14-25-28-20(13-19(27-21(17)28)16-9-4-5-10-18(16)23)24-11-6-12-26-31(29,30)15-7-2-1-3-8-15/h1-5,7-10,13-14,24,26H,6,11-12H2. The summed E-state index contributed by atoms with van der Waals surface area (Å²) in [4.78, 5) is 4.93. The van der Waals surface area contributed by atoms with Gasteiger partial charge in [0.1, 0.15) is 5.82 Å². The van der Waals surface area contributed by atoms with Crippen molar-refractivity contribution in [3.8, 4) is 11.3 Å². The number of halogens is 2. The first-order valence-electron chi connectivity index (χ1n) is 9.53. The van der Waals surface area contributed by atoms with Crippen molar-refractivity contribution >= 4 is 49.0 Å². The number of hydrogen-bond acceptors (Lipinski definition) is 5. The fourth-order valence-corrected chi connectivity index (χ4v) is 4.74. The minimum Gasteiger partial charge on any atom is -0.370 e. The summed E-state index contributed by atoms with van der Waals surface area (Å²) >= 11 is 9.84. The zero-order chi connectivity index (χ0) is 21.8. The molecular weight excluding hydrogens is 502 g/mol. The summed E-state index contributed by atoms with van der Waals surface area (Å²) < 4.78 is 29.7. The molecule has 0 bridgehead atoms. The van der Waals surface area contributed by atoms with Gasteiger partial charge in [0.2, 0.25) is 10.0 Å². The first-order valence-corrected chi connectivity index (χ1v) is 12.2. The second kappa shape index (κ2) is 9.35. The monoisotopic (exact) mass is 519 g/mol. The first-order chi connectivity index (χ1) is 15.0. The molecule has 160 valence electrons. The molecule has 0 saturated heterocycles. The lowest BCUT2D eigenvalue weighted by Crippen LogP contribution is -2.26. The van der Waals surface area contributed by atoms with Gasteiger partial charge in [-0.2, -0.15) is 9.61 Å². The average molecular weight is 521 g/mol. The van der Waals surface area contributed by atoms with Crippen molar-refractivity contribution in [3.05, 3.63) is 76.4 Å². The van der Waals surface area contributed by atoms with Crippen molar-refractivity contribution in [3.63, 3.8) is 0 Å². The van der Waals surface area contributed by atoms with Crippen LogP contribution < -0.4 is 10.0 Å². The van der Waals surface area contributed by atoms with Crippen molar-refractivity contribution in [2.24, 2.45) is 0 Å². The molecule has 0 atom stereocenters. The van der Waals surface area contributed by atoms with E-state index < -0.39 is 10.0 Å². The SMILES string of the molecule is O=S(=O)(NCCCNc1cc(-c2ccccc2Cl)nc2c(Br)cnn12)c1ccccc1. The fraction of sp³-hybridized carbons (Fsp3) is 0.143. The van der Waals surface area contributed by atoms with Gasteiger partial charge in [0.15, 0.2) is 5.65 Å². The first kappa shape index (κ1) is 21.8. The molecule has 10 heteroatoms. The molecule has 0 spiro atoms. The Labute approximate surface area is 193 Å². The van der Waals surface area contributed by atoms with Crippen LogP contribution in [0.4, 0.5) is 5.82 Å². The van der Waals surface area contributed by atoms with E-state index >= 15 is 0 Å². The number of nitrogens with zero attached hydrogens (tertiary/aromatic N) is 3. The van der Waals surface area contributed by atoms with Gasteiger partial charge in [0.05, 0.1) is 21.3 Å². The van der Waals surface area contributed by atoms with Crippen LogP contribution in [0.25, 0.3) is 16.9 Å². The van der Waals surface area contributed by atoms with Gasteiger partial charge in [-0.1, -0.05) is 48.0 Å². The summed E-state index contributed by atoms with van der Waals surface area (Å²) in [5.41, 5.74) is 2.19. The van der Waals surface area contributed by atoms with Crippen LogP contribution in [0.5, 0.6) is 0 Å². The van der Waals surface area contributed by atoms with E-state index in [-0.39, 0.29) is 4.90 Å². The summed E-state index contributed by atoms with van der Waals surface area (Å²) in [6.45, 7) is 0.842. The fourth-order valence-electron chi connectivity index (χ4n) is 3.06. The predicted molar refractivity (Wildman–Crippen MR) is 126 cm³/mol. The Kier molecular flexibility index (Phi) is 6.57. The van der Waals surface area contributed by atoms with Crippen LogP contribution in [0.15, 0.2) is 76.2 Å². The second-order valence-corrected chi connectivity index (χ2v) is 9.75. The minimum absolute atomic E-state index is 0.254. The number of benzene rings is 2. The van der Waals surface area contributed by atoms with Gasteiger partial charge in [-0.05, 0) is 40.5 Å². The molecule has 31 heavy (non-hydrogen) atoms. The predicted octanol–water partition coefficient (Wildman–Crippen LogP) is 4.59. The van der Waals surface area contributed by atoms with E-state index in [9.17, 15) is 8.42 Å². The van der Waals surface area contributed by atoms with E-state index in [2.05, 4.69) is 36.1 Å². The van der Waals surface area contributed by atoms with Gasteiger partial charge in [-0.25, -0.2) is 18.1 Å². The summed E-state index contributed by atoms with van der Waals surface area (Å²) in [6, 6.07) is 17.7. The highest BCUT2D eigenvalue weighted by molar-refractivity contribution is 9.10. The molecule has 2 aromatic carbocycles. The lowest BCUT2D eigenvalue weighted by molar-refractivity contribution is 0.580. The highest BCUT2D eigenvalue weighted by atomic mass is 79.9. The quantitative estimate of drug-likeness (QED) is 0.332. The van der Waals surface area contributed by atoms with Crippen LogP contribution in [0, 0.1) is 0 Å². The molecule has 2 N–H and O–H groups in total. The third-order valence-electron chi connectivity index (χ3n) is 4.58. The maximum Gasteiger partial charge on any atom is 0.240 e. The second-order valence-electron chi connectivity index (χ2n) is 6.73. The van der Waals surface area contributed by atoms with E-state index in [0.717, 1.165) is 15.9 Å². The molecule has 2 heterocycles. The van der Waals surface area contributed by atoms with Gasteiger partial charge in [-0.15, -0.1) is 0 Å². The summed E-state index contributed by atoms with van der Waals surface area (Å²) in [7, 11) is -3.51. The molecule has 0 amide bonds. The van der Waals surface area contributed by atoms with E-state index in [1.807, 2.05) is 30.3 Å². The molecule has 0 saturated carbocycles. The van der Waals surface area contributed by atoms with Gasteiger partial charge in [-0.3, -0.25) is 0 Å². The number of rotatable bonds is 8. The lowest BCUT2D eigenvalue weighted by atomic mass is 10.1. The summed E-state index contributed by atoms with van der Waals surface area (Å²) in [6.07, 6.45) is 2.26. The van der Waals surface area contributed by atoms with Crippen molar-refractivity contribution < 1.29 is 8.42 Å². The van der Waals surface area contributed by atoms with Crippen molar-refractivity contribution in [2.75, 3.05) is 18.4 Å². The van der Waals surface area contributed by atoms with Crippen LogP contribution in [-0.4, -0.2) is 36.1 Å². The number of fused-ring (bicyclic) bond motifs is 1. The third kappa shape index (κ3) is 4.90. The smallest absolute Gasteiger partial charge is 0.240 e. The number of hydrogen-bond donors (Lipinski definition) is 2. The van der Waals surface area contributed by atoms with Gasteiger partial charge in [0, 0.05) is 29.7 Å². The molecule has 0 fully saturated rings. The molecule has 0 aliphatic carbocycles. The van der Waals surface area contributed by atoms with Gasteiger partial charge >= 0.3 is 0 Å². The van der Waals surface area contributed by atoms with Crippen LogP contribution >= 0.6 is 27.5 Å². The van der Waals surface area contributed by atoms with Crippen molar-refractivity contribution in [2.45, 2.75) is 11.3 Å². The number of sulfonamides is 1. The highest BCUT2D eigenvalue weighted by Crippen LogP contribution is 2.30. The van der Waals surface area contributed by atoms with Gasteiger partial charge in [0.25, 0.3) is 0 Å². The zero-order valence-corrected chi connectivity index (χ0v) is 19.5. The molecule has 4 aromatic rings.